The quantitative estimate of drug-likeness (QED) is 0.462. The number of H-pyrrole nitrogens is 1. The Bertz CT molecular complexity index is 452. The van der Waals surface area contributed by atoms with Crippen molar-refractivity contribution >= 4 is 0 Å². The molecule has 1 N–H and O–H groups in total. The monoisotopic (exact) mass is 385 g/mol. The molecule has 0 aliphatic carbocycles. The molecular formula is C16H31Cl2N2OTi-2. The smallest absolute Gasteiger partial charge is 0.153 e. The molecular weight excluding hydrogens is 355 g/mol. The van der Waals surface area contributed by atoms with Crippen LogP contribution in [0.5, 0.6) is 0 Å². The number of halogens is 2. The molecule has 131 valence electrons. The van der Waals surface area contributed by atoms with Crippen molar-refractivity contribution in [1.82, 2.24) is 4.98 Å². The molecule has 0 unspecified atom stereocenters. The van der Waals surface area contributed by atoms with E-state index in [1.54, 1.807) is 0 Å². The van der Waals surface area contributed by atoms with Gasteiger partial charge < -0.3 is 29.9 Å². The first-order valence-electron chi connectivity index (χ1n) is 7.08. The van der Waals surface area contributed by atoms with Crippen LogP contribution < -0.4 is 33.0 Å². The predicted molar refractivity (Wildman–Crippen MR) is 78.4 cm³/mol. The Kier molecular flexibility index (Phi) is 11.3. The fourth-order valence-electron chi connectivity index (χ4n) is 2.23. The van der Waals surface area contributed by atoms with Crippen LogP contribution in [-0.2, 0) is 36.9 Å². The fourth-order valence-corrected chi connectivity index (χ4v) is 3.54. The summed E-state index contributed by atoms with van der Waals surface area (Å²) in [5.41, 5.74) is 3.21. The van der Waals surface area contributed by atoms with Crippen molar-refractivity contribution in [2.45, 2.75) is 78.6 Å². The maximum Gasteiger partial charge on any atom is -0.153 e. The topological polar surface area (TPSA) is 42.7 Å². The Labute approximate surface area is 161 Å². The SMILES string of the molecule is CC(C)(C)c1[nH]c(C(C)(C)C)[n+]([Ti])c1C(C)(C)C.C[O-].[Cl-].[Cl-]. The van der Waals surface area contributed by atoms with Gasteiger partial charge >= 0.3 is 124 Å². The van der Waals surface area contributed by atoms with Gasteiger partial charge in [0.25, 0.3) is 0 Å². The van der Waals surface area contributed by atoms with Crippen LogP contribution >= 0.6 is 0 Å². The Hall–Kier alpha value is 0.464. The van der Waals surface area contributed by atoms with Gasteiger partial charge in [0, 0.05) is 0 Å². The van der Waals surface area contributed by atoms with Crippen LogP contribution in [0, 0.1) is 0 Å². The zero-order chi connectivity index (χ0) is 16.5. The minimum Gasteiger partial charge on any atom is -1.00 e. The predicted octanol–water partition coefficient (Wildman–Crippen LogP) is -3.51. The van der Waals surface area contributed by atoms with Gasteiger partial charge in [0.2, 0.25) is 0 Å². The summed E-state index contributed by atoms with van der Waals surface area (Å²) in [6, 6.07) is 0. The molecule has 0 aromatic carbocycles. The molecule has 0 aliphatic heterocycles. The Morgan fingerprint density at radius 3 is 1.32 bits per heavy atom. The Balaban J connectivity index is -0.000000864. The average Bonchev–Trinajstić information content (AvgIpc) is 2.57. The average molecular weight is 386 g/mol. The van der Waals surface area contributed by atoms with Gasteiger partial charge in [-0.25, -0.2) is 0 Å². The largest absolute Gasteiger partial charge is 1.00 e. The normalized spacial score (nSPS) is 11.7. The summed E-state index contributed by atoms with van der Waals surface area (Å²) in [5.74, 6) is 1.30. The Morgan fingerprint density at radius 2 is 1.14 bits per heavy atom. The molecule has 0 radical (unpaired) electrons. The summed E-state index contributed by atoms with van der Waals surface area (Å²) in [4.78, 5) is 3.70. The summed E-state index contributed by atoms with van der Waals surface area (Å²) in [6.07, 6.45) is 0. The van der Waals surface area contributed by atoms with E-state index in [1.807, 2.05) is 0 Å². The third-order valence-electron chi connectivity index (χ3n) is 3.10. The van der Waals surface area contributed by atoms with Gasteiger partial charge in [-0.1, -0.05) is 0 Å². The second-order valence-corrected chi connectivity index (χ2v) is 8.98. The van der Waals surface area contributed by atoms with Crippen LogP contribution in [0.3, 0.4) is 0 Å². The fraction of sp³-hybridized carbons (Fsp3) is 0.812. The first-order valence-corrected chi connectivity index (χ1v) is 7.78. The van der Waals surface area contributed by atoms with Crippen molar-refractivity contribution in [2.24, 2.45) is 0 Å². The van der Waals surface area contributed by atoms with Crippen LogP contribution in [0.1, 0.15) is 79.5 Å². The van der Waals surface area contributed by atoms with Crippen molar-refractivity contribution in [3.63, 3.8) is 0 Å². The van der Waals surface area contributed by atoms with Gasteiger partial charge in [-0.3, -0.25) is 0 Å². The zero-order valence-corrected chi connectivity index (χ0v) is 18.7. The van der Waals surface area contributed by atoms with Crippen molar-refractivity contribution in [3.8, 4) is 0 Å². The zero-order valence-electron chi connectivity index (χ0n) is 15.6. The van der Waals surface area contributed by atoms with Crippen LogP contribution in [0.4, 0.5) is 0 Å². The third kappa shape index (κ3) is 6.53. The molecule has 22 heavy (non-hydrogen) atoms. The number of hydrogen-bond donors (Lipinski definition) is 1. The van der Waals surface area contributed by atoms with Crippen LogP contribution in [0.2, 0.25) is 0 Å². The summed E-state index contributed by atoms with van der Waals surface area (Å²) >= 11 is 2.19. The molecule has 1 aromatic rings. The van der Waals surface area contributed by atoms with E-state index in [9.17, 15) is 0 Å². The van der Waals surface area contributed by atoms with Crippen molar-refractivity contribution in [2.75, 3.05) is 7.11 Å². The van der Waals surface area contributed by atoms with E-state index in [0.29, 0.717) is 0 Å². The van der Waals surface area contributed by atoms with E-state index in [2.05, 4.69) is 91.0 Å². The third-order valence-corrected chi connectivity index (χ3v) is 3.80. The molecule has 1 rings (SSSR count). The van der Waals surface area contributed by atoms with Gasteiger partial charge in [0.15, 0.2) is 0 Å². The number of nitrogens with one attached hydrogen (secondary N) is 1. The number of nitrogens with zero attached hydrogens (tertiary/aromatic N) is 1. The van der Waals surface area contributed by atoms with E-state index in [4.69, 9.17) is 5.11 Å². The van der Waals surface area contributed by atoms with Crippen LogP contribution in [-0.4, -0.2) is 12.1 Å². The van der Waals surface area contributed by atoms with Crippen LogP contribution in [0.15, 0.2) is 0 Å². The van der Waals surface area contributed by atoms with Crippen molar-refractivity contribution < 1.29 is 53.7 Å². The summed E-state index contributed by atoms with van der Waals surface area (Å²) in [5, 5.41) is 8.25. The molecule has 0 saturated carbocycles. The number of hydrogen-bond acceptors (Lipinski definition) is 1. The van der Waals surface area contributed by atoms with Gasteiger partial charge in [0.05, 0.1) is 0 Å². The second-order valence-electron chi connectivity index (χ2n) is 8.28. The number of aromatic nitrogens is 2. The summed E-state index contributed by atoms with van der Waals surface area (Å²) in [7, 11) is 0.750. The number of imidazole rings is 1. The standard InChI is InChI=1S/C15H28N2.CH3O.2ClH.Ti/c1-13(2,3)10-11(14(4,5)6)17-12(16-10)15(7,8)9;1-2;;;/h1-9H3,(H,16,17);1H3;2*1H;/q;-1;;;+1/p-2. The summed E-state index contributed by atoms with van der Waals surface area (Å²) in [6.45, 7) is 20.5. The van der Waals surface area contributed by atoms with E-state index < -0.39 is 0 Å². The van der Waals surface area contributed by atoms with E-state index >= 15 is 0 Å². The summed E-state index contributed by atoms with van der Waals surface area (Å²) < 4.78 is 2.36. The molecule has 0 atom stereocenters. The molecule has 6 heteroatoms. The Morgan fingerprint density at radius 1 is 0.773 bits per heavy atom. The molecule has 0 aliphatic rings. The van der Waals surface area contributed by atoms with Gasteiger partial charge in [0.1, 0.15) is 0 Å². The van der Waals surface area contributed by atoms with Crippen molar-refractivity contribution in [1.29, 1.82) is 0 Å². The maximum absolute atomic E-state index is 8.25. The van der Waals surface area contributed by atoms with Gasteiger partial charge in [-0.2, -0.15) is 7.11 Å². The van der Waals surface area contributed by atoms with E-state index in [1.165, 1.54) is 17.2 Å². The molecule has 0 fully saturated rings. The van der Waals surface area contributed by atoms with Gasteiger partial charge in [-0.15, -0.1) is 0 Å². The molecule has 0 spiro atoms. The molecule has 0 bridgehead atoms. The molecule has 1 aromatic heterocycles. The van der Waals surface area contributed by atoms with Crippen molar-refractivity contribution in [3.05, 3.63) is 17.2 Å². The first kappa shape index (κ1) is 27.3. The first-order chi connectivity index (χ1) is 8.76. The second kappa shape index (κ2) is 9.08. The molecule has 0 saturated heterocycles. The maximum atomic E-state index is 8.25. The van der Waals surface area contributed by atoms with Gasteiger partial charge in [-0.05, 0) is 0 Å². The molecule has 0 amide bonds. The minimum atomic E-state index is 0. The minimum absolute atomic E-state index is 0. The van der Waals surface area contributed by atoms with Crippen LogP contribution in [0.25, 0.3) is 0 Å². The number of rotatable bonds is 0. The molecule has 3 nitrogen and oxygen atoms in total. The number of aromatic amines is 1. The molecule has 1 heterocycles. The van der Waals surface area contributed by atoms with E-state index in [-0.39, 0.29) is 41.1 Å². The van der Waals surface area contributed by atoms with E-state index in [0.717, 1.165) is 7.11 Å².